The van der Waals surface area contributed by atoms with E-state index in [0.29, 0.717) is 13.2 Å². The number of alkyl carbamates (subject to hydrolysis) is 1. The Labute approximate surface area is 115 Å². The molecule has 1 amide bonds. The van der Waals surface area contributed by atoms with Gasteiger partial charge in [0.1, 0.15) is 6.61 Å². The fourth-order valence-corrected chi connectivity index (χ4v) is 1.59. The van der Waals surface area contributed by atoms with E-state index in [1.165, 1.54) is 5.56 Å². The average Bonchev–Trinajstić information content (AvgIpc) is 2.36. The predicted molar refractivity (Wildman–Crippen MR) is 77.3 cm³/mol. The van der Waals surface area contributed by atoms with E-state index in [-0.39, 0.29) is 11.5 Å². The first kappa shape index (κ1) is 15.5. The molecule has 0 aliphatic rings. The van der Waals surface area contributed by atoms with Crippen LogP contribution in [0.4, 0.5) is 4.79 Å². The molecule has 19 heavy (non-hydrogen) atoms. The van der Waals surface area contributed by atoms with E-state index < -0.39 is 0 Å². The summed E-state index contributed by atoms with van der Waals surface area (Å²) in [5, 5.41) is 5.61. The lowest BCUT2D eigenvalue weighted by Crippen LogP contribution is -2.30. The molecule has 4 heteroatoms. The monoisotopic (exact) mass is 264 g/mol. The van der Waals surface area contributed by atoms with E-state index in [9.17, 15) is 4.79 Å². The number of amides is 1. The average molecular weight is 264 g/mol. The number of ether oxygens (including phenoxy) is 1. The molecule has 0 bridgehead atoms. The summed E-state index contributed by atoms with van der Waals surface area (Å²) in [4.78, 5) is 11.4. The molecule has 106 valence electrons. The molecule has 1 rings (SSSR count). The zero-order valence-electron chi connectivity index (χ0n) is 12.2. The van der Waals surface area contributed by atoms with Crippen molar-refractivity contribution >= 4 is 6.09 Å². The molecule has 0 heterocycles. The van der Waals surface area contributed by atoms with Crippen LogP contribution in [0.3, 0.4) is 0 Å². The molecule has 0 aliphatic carbocycles. The van der Waals surface area contributed by atoms with Crippen molar-refractivity contribution in [1.82, 2.24) is 10.6 Å². The number of carbonyl (C=O) groups is 1. The summed E-state index contributed by atoms with van der Waals surface area (Å²) in [6.07, 6.45) is -0.379. The Morgan fingerprint density at radius 1 is 1.16 bits per heavy atom. The van der Waals surface area contributed by atoms with Crippen molar-refractivity contribution in [3.8, 4) is 0 Å². The van der Waals surface area contributed by atoms with E-state index in [1.807, 2.05) is 19.2 Å². The molecule has 0 radical (unpaired) electrons. The summed E-state index contributed by atoms with van der Waals surface area (Å²) in [5.74, 6) is 0. The first-order valence-corrected chi connectivity index (χ1v) is 6.58. The zero-order valence-corrected chi connectivity index (χ0v) is 12.2. The topological polar surface area (TPSA) is 50.4 Å². The Kier molecular flexibility index (Phi) is 5.83. The zero-order chi connectivity index (χ0) is 14.3. The first-order valence-electron chi connectivity index (χ1n) is 6.58. The van der Waals surface area contributed by atoms with Crippen LogP contribution in [0.1, 0.15) is 31.9 Å². The third kappa shape index (κ3) is 5.75. The first-order chi connectivity index (χ1) is 8.93. The summed E-state index contributed by atoms with van der Waals surface area (Å²) in [5.41, 5.74) is 2.41. The Morgan fingerprint density at radius 2 is 1.79 bits per heavy atom. The quantitative estimate of drug-likeness (QED) is 0.803. The lowest BCUT2D eigenvalue weighted by molar-refractivity contribution is 0.140. The summed E-state index contributed by atoms with van der Waals surface area (Å²) < 4.78 is 5.12. The lowest BCUT2D eigenvalue weighted by Gasteiger charge is -2.19. The predicted octanol–water partition coefficient (Wildman–Crippen LogP) is 2.43. The van der Waals surface area contributed by atoms with Crippen molar-refractivity contribution in [2.45, 2.75) is 32.8 Å². The van der Waals surface area contributed by atoms with Gasteiger partial charge in [0.25, 0.3) is 0 Å². The Bertz CT molecular complexity index is 394. The molecule has 1 aromatic carbocycles. The highest BCUT2D eigenvalue weighted by atomic mass is 16.5. The number of benzene rings is 1. The van der Waals surface area contributed by atoms with Gasteiger partial charge in [0, 0.05) is 13.1 Å². The van der Waals surface area contributed by atoms with Crippen molar-refractivity contribution in [2.24, 2.45) is 0 Å². The van der Waals surface area contributed by atoms with E-state index in [4.69, 9.17) is 4.74 Å². The number of nitrogens with one attached hydrogen (secondary N) is 2. The highest BCUT2D eigenvalue weighted by Crippen LogP contribution is 2.22. The van der Waals surface area contributed by atoms with Gasteiger partial charge in [-0.25, -0.2) is 4.79 Å². The van der Waals surface area contributed by atoms with Gasteiger partial charge in [0.15, 0.2) is 0 Å². The number of hydrogen-bond donors (Lipinski definition) is 2. The number of likely N-dealkylation sites (N-methyl/N-ethyl adjacent to an activating group) is 1. The van der Waals surface area contributed by atoms with Crippen LogP contribution in [0.25, 0.3) is 0 Å². The molecule has 0 unspecified atom stereocenters. The maximum absolute atomic E-state index is 11.4. The van der Waals surface area contributed by atoms with Crippen molar-refractivity contribution in [3.63, 3.8) is 0 Å². The molecule has 0 aromatic heterocycles. The molecule has 0 saturated heterocycles. The minimum Gasteiger partial charge on any atom is -0.445 e. The van der Waals surface area contributed by atoms with E-state index in [0.717, 1.165) is 12.1 Å². The second-order valence-corrected chi connectivity index (χ2v) is 5.55. The van der Waals surface area contributed by atoms with Crippen LogP contribution in [0, 0.1) is 0 Å². The minimum absolute atomic E-state index is 0.143. The molecule has 1 aromatic rings. The summed E-state index contributed by atoms with van der Waals surface area (Å²) in [6, 6.07) is 8.16. The van der Waals surface area contributed by atoms with Crippen LogP contribution in [0.5, 0.6) is 0 Å². The summed E-state index contributed by atoms with van der Waals surface area (Å²) in [7, 11) is 1.84. The van der Waals surface area contributed by atoms with Gasteiger partial charge in [-0.2, -0.15) is 0 Å². The SMILES string of the molecule is CNCCNC(=O)OCc1ccc(C(C)(C)C)cc1. The fraction of sp³-hybridized carbons (Fsp3) is 0.533. The van der Waals surface area contributed by atoms with Crippen LogP contribution >= 0.6 is 0 Å². The molecule has 0 atom stereocenters. The third-order valence-corrected chi connectivity index (χ3v) is 2.83. The van der Waals surface area contributed by atoms with Crippen LogP contribution < -0.4 is 10.6 Å². The smallest absolute Gasteiger partial charge is 0.407 e. The van der Waals surface area contributed by atoms with Gasteiger partial charge < -0.3 is 15.4 Å². The minimum atomic E-state index is -0.379. The second-order valence-electron chi connectivity index (χ2n) is 5.55. The molecule has 0 fully saturated rings. The maximum atomic E-state index is 11.4. The fourth-order valence-electron chi connectivity index (χ4n) is 1.59. The number of hydrogen-bond acceptors (Lipinski definition) is 3. The Hall–Kier alpha value is -1.55. The van der Waals surface area contributed by atoms with Gasteiger partial charge in [-0.05, 0) is 23.6 Å². The van der Waals surface area contributed by atoms with Crippen LogP contribution in [0.2, 0.25) is 0 Å². The molecular weight excluding hydrogens is 240 g/mol. The number of carbonyl (C=O) groups excluding carboxylic acids is 1. The van der Waals surface area contributed by atoms with E-state index in [2.05, 4.69) is 43.5 Å². The normalized spacial score (nSPS) is 11.2. The Morgan fingerprint density at radius 3 is 2.32 bits per heavy atom. The molecule has 2 N–H and O–H groups in total. The second kappa shape index (κ2) is 7.14. The largest absolute Gasteiger partial charge is 0.445 e. The summed E-state index contributed by atoms with van der Waals surface area (Å²) in [6.45, 7) is 8.12. The van der Waals surface area contributed by atoms with Crippen LogP contribution in [-0.2, 0) is 16.8 Å². The standard InChI is InChI=1S/C15H24N2O2/c1-15(2,3)13-7-5-12(6-8-13)11-19-14(18)17-10-9-16-4/h5-8,16H,9-11H2,1-4H3,(H,17,18). The van der Waals surface area contributed by atoms with Gasteiger partial charge in [0.2, 0.25) is 0 Å². The van der Waals surface area contributed by atoms with Crippen molar-refractivity contribution in [1.29, 1.82) is 0 Å². The maximum Gasteiger partial charge on any atom is 0.407 e. The Balaban J connectivity index is 2.40. The van der Waals surface area contributed by atoms with E-state index in [1.54, 1.807) is 0 Å². The van der Waals surface area contributed by atoms with Gasteiger partial charge in [-0.1, -0.05) is 45.0 Å². The molecular formula is C15H24N2O2. The van der Waals surface area contributed by atoms with Gasteiger partial charge >= 0.3 is 6.09 Å². The lowest BCUT2D eigenvalue weighted by atomic mass is 9.87. The highest BCUT2D eigenvalue weighted by molar-refractivity contribution is 5.67. The molecule has 0 aliphatic heterocycles. The van der Waals surface area contributed by atoms with Crippen LogP contribution in [0.15, 0.2) is 24.3 Å². The van der Waals surface area contributed by atoms with E-state index >= 15 is 0 Å². The van der Waals surface area contributed by atoms with Crippen LogP contribution in [-0.4, -0.2) is 26.2 Å². The number of rotatable bonds is 5. The van der Waals surface area contributed by atoms with Crippen molar-refractivity contribution in [3.05, 3.63) is 35.4 Å². The van der Waals surface area contributed by atoms with Gasteiger partial charge in [-0.15, -0.1) is 0 Å². The van der Waals surface area contributed by atoms with Gasteiger partial charge in [-0.3, -0.25) is 0 Å². The summed E-state index contributed by atoms with van der Waals surface area (Å²) >= 11 is 0. The van der Waals surface area contributed by atoms with Crippen molar-refractivity contribution < 1.29 is 9.53 Å². The molecule has 0 spiro atoms. The molecule has 0 saturated carbocycles. The third-order valence-electron chi connectivity index (χ3n) is 2.83. The molecule has 4 nitrogen and oxygen atoms in total. The van der Waals surface area contributed by atoms with Crippen molar-refractivity contribution in [2.75, 3.05) is 20.1 Å². The van der Waals surface area contributed by atoms with Gasteiger partial charge in [0.05, 0.1) is 0 Å². The highest BCUT2D eigenvalue weighted by Gasteiger charge is 2.12.